The first-order chi connectivity index (χ1) is 17.9. The van der Waals surface area contributed by atoms with Crippen LogP contribution in [0, 0.1) is 0 Å². The van der Waals surface area contributed by atoms with Crippen molar-refractivity contribution in [1.29, 1.82) is 0 Å². The molecule has 0 aliphatic rings. The van der Waals surface area contributed by atoms with E-state index in [4.69, 9.17) is 9.47 Å². The van der Waals surface area contributed by atoms with Gasteiger partial charge in [0.2, 0.25) is 0 Å². The zero-order valence-corrected chi connectivity index (χ0v) is 21.2. The largest absolute Gasteiger partial charge is 0.494 e. The lowest BCUT2D eigenvalue weighted by molar-refractivity contribution is 0.102. The Kier molecular flexibility index (Phi) is 8.43. The molecule has 0 spiro atoms. The van der Waals surface area contributed by atoms with E-state index < -0.39 is 10.0 Å². The van der Waals surface area contributed by atoms with Gasteiger partial charge in [-0.2, -0.15) is 0 Å². The highest BCUT2D eigenvalue weighted by molar-refractivity contribution is 7.92. The number of hydrogen-bond acceptors (Lipinski definition) is 5. The number of hydrogen-bond donors (Lipinski definition) is 2. The van der Waals surface area contributed by atoms with Crippen LogP contribution in [0.2, 0.25) is 0 Å². The van der Waals surface area contributed by atoms with Crippen molar-refractivity contribution in [3.63, 3.8) is 0 Å². The van der Waals surface area contributed by atoms with E-state index in [-0.39, 0.29) is 10.8 Å². The third-order valence-electron chi connectivity index (χ3n) is 5.46. The molecule has 0 fully saturated rings. The summed E-state index contributed by atoms with van der Waals surface area (Å²) in [6, 6.07) is 29.6. The van der Waals surface area contributed by atoms with Crippen LogP contribution in [-0.2, 0) is 16.4 Å². The summed E-state index contributed by atoms with van der Waals surface area (Å²) in [5.41, 5.74) is 2.43. The van der Waals surface area contributed by atoms with E-state index in [2.05, 4.69) is 10.0 Å². The van der Waals surface area contributed by atoms with Crippen LogP contribution >= 0.6 is 0 Å². The highest BCUT2D eigenvalue weighted by Gasteiger charge is 2.16. The summed E-state index contributed by atoms with van der Waals surface area (Å²) < 4.78 is 39.3. The van der Waals surface area contributed by atoms with Crippen LogP contribution in [0.1, 0.15) is 22.8 Å². The molecule has 7 nitrogen and oxygen atoms in total. The van der Waals surface area contributed by atoms with Gasteiger partial charge in [0.1, 0.15) is 11.5 Å². The Hall–Kier alpha value is -4.30. The van der Waals surface area contributed by atoms with Crippen molar-refractivity contribution in [3.05, 3.63) is 114 Å². The molecular weight excluding hydrogens is 488 g/mol. The number of sulfonamides is 1. The maximum absolute atomic E-state index is 12.9. The minimum absolute atomic E-state index is 0.0732. The average Bonchev–Trinajstić information content (AvgIpc) is 2.91. The highest BCUT2D eigenvalue weighted by atomic mass is 32.2. The minimum Gasteiger partial charge on any atom is -0.494 e. The monoisotopic (exact) mass is 516 g/mol. The summed E-state index contributed by atoms with van der Waals surface area (Å²) in [6.45, 7) is 2.84. The number of amides is 1. The van der Waals surface area contributed by atoms with E-state index in [0.717, 1.165) is 12.0 Å². The fraction of sp³-hybridized carbons (Fsp3) is 0.138. The fourth-order valence-electron chi connectivity index (χ4n) is 3.62. The molecule has 37 heavy (non-hydrogen) atoms. The summed E-state index contributed by atoms with van der Waals surface area (Å²) in [5, 5.41) is 2.81. The predicted molar refractivity (Wildman–Crippen MR) is 145 cm³/mol. The van der Waals surface area contributed by atoms with E-state index in [1.807, 2.05) is 43.3 Å². The molecule has 0 unspecified atom stereocenters. The van der Waals surface area contributed by atoms with E-state index in [9.17, 15) is 13.2 Å². The predicted octanol–water partition coefficient (Wildman–Crippen LogP) is 5.76. The normalized spacial score (nSPS) is 10.9. The standard InChI is InChI=1S/C29H28N2O5S/c1-2-35-25-16-12-24(13-17-25)31-37(33,34)26-18-14-23(15-19-26)30-29(32)27-10-6-7-11-28(27)36-21-20-22-8-4-3-5-9-22/h3-19,31H,2,20-21H2,1H3,(H,30,32). The smallest absolute Gasteiger partial charge is 0.261 e. The lowest BCUT2D eigenvalue weighted by Crippen LogP contribution is -2.15. The van der Waals surface area contributed by atoms with E-state index in [1.54, 1.807) is 54.6 Å². The molecule has 1 amide bonds. The average molecular weight is 517 g/mol. The topological polar surface area (TPSA) is 93.7 Å². The van der Waals surface area contributed by atoms with Crippen molar-refractivity contribution in [2.75, 3.05) is 23.3 Å². The second kappa shape index (κ2) is 12.1. The van der Waals surface area contributed by atoms with Crippen LogP contribution in [0.15, 0.2) is 108 Å². The Bertz CT molecular complexity index is 1420. The fourth-order valence-corrected chi connectivity index (χ4v) is 4.68. The number of carbonyl (C=O) groups excluding carboxylic acids is 1. The number of nitrogens with one attached hydrogen (secondary N) is 2. The van der Waals surface area contributed by atoms with Crippen LogP contribution < -0.4 is 19.5 Å². The van der Waals surface area contributed by atoms with Gasteiger partial charge in [-0.05, 0) is 73.2 Å². The third kappa shape index (κ3) is 7.11. The summed E-state index contributed by atoms with van der Waals surface area (Å²) >= 11 is 0. The summed E-state index contributed by atoms with van der Waals surface area (Å²) in [4.78, 5) is 13.0. The molecule has 0 atom stereocenters. The Balaban J connectivity index is 1.38. The van der Waals surface area contributed by atoms with Gasteiger partial charge in [-0.15, -0.1) is 0 Å². The first-order valence-electron chi connectivity index (χ1n) is 11.9. The number of benzene rings is 4. The lowest BCUT2D eigenvalue weighted by atomic mass is 10.1. The van der Waals surface area contributed by atoms with Crippen molar-refractivity contribution in [3.8, 4) is 11.5 Å². The molecule has 4 aromatic carbocycles. The van der Waals surface area contributed by atoms with Gasteiger partial charge in [0, 0.05) is 17.8 Å². The molecule has 4 aromatic rings. The first kappa shape index (κ1) is 25.8. The number of para-hydroxylation sites is 1. The van der Waals surface area contributed by atoms with Crippen LogP contribution in [0.4, 0.5) is 11.4 Å². The molecule has 190 valence electrons. The van der Waals surface area contributed by atoms with Crippen molar-refractivity contribution in [2.45, 2.75) is 18.2 Å². The second-order valence-electron chi connectivity index (χ2n) is 8.12. The quantitative estimate of drug-likeness (QED) is 0.264. The van der Waals surface area contributed by atoms with E-state index >= 15 is 0 Å². The first-order valence-corrected chi connectivity index (χ1v) is 13.4. The molecule has 8 heteroatoms. The summed E-state index contributed by atoms with van der Waals surface area (Å²) in [5.74, 6) is 0.793. The number of carbonyl (C=O) groups is 1. The molecular formula is C29H28N2O5S. The molecule has 0 saturated carbocycles. The summed E-state index contributed by atoms with van der Waals surface area (Å²) in [6.07, 6.45) is 0.720. The van der Waals surface area contributed by atoms with E-state index in [0.29, 0.717) is 41.7 Å². The molecule has 0 aliphatic carbocycles. The Morgan fingerprint density at radius 3 is 2.11 bits per heavy atom. The van der Waals surface area contributed by atoms with Gasteiger partial charge in [-0.25, -0.2) is 8.42 Å². The van der Waals surface area contributed by atoms with Crippen LogP contribution in [0.5, 0.6) is 11.5 Å². The van der Waals surface area contributed by atoms with Crippen molar-refractivity contribution < 1.29 is 22.7 Å². The maximum atomic E-state index is 12.9. The van der Waals surface area contributed by atoms with Gasteiger partial charge in [-0.1, -0.05) is 42.5 Å². The van der Waals surface area contributed by atoms with Crippen molar-refractivity contribution in [2.24, 2.45) is 0 Å². The van der Waals surface area contributed by atoms with Crippen LogP contribution in [-0.4, -0.2) is 27.5 Å². The highest BCUT2D eigenvalue weighted by Crippen LogP contribution is 2.23. The molecule has 4 rings (SSSR count). The zero-order chi connectivity index (χ0) is 26.1. The second-order valence-corrected chi connectivity index (χ2v) is 9.80. The van der Waals surface area contributed by atoms with Gasteiger partial charge in [0.15, 0.2) is 0 Å². The number of anilines is 2. The van der Waals surface area contributed by atoms with Gasteiger partial charge in [0.05, 0.1) is 23.7 Å². The summed E-state index contributed by atoms with van der Waals surface area (Å²) in [7, 11) is -3.80. The van der Waals surface area contributed by atoms with Gasteiger partial charge in [0.25, 0.3) is 15.9 Å². The van der Waals surface area contributed by atoms with Gasteiger partial charge in [-0.3, -0.25) is 9.52 Å². The van der Waals surface area contributed by atoms with Crippen LogP contribution in [0.25, 0.3) is 0 Å². The zero-order valence-electron chi connectivity index (χ0n) is 20.4. The number of ether oxygens (including phenoxy) is 2. The maximum Gasteiger partial charge on any atom is 0.261 e. The van der Waals surface area contributed by atoms with Crippen molar-refractivity contribution >= 4 is 27.3 Å². The lowest BCUT2D eigenvalue weighted by Gasteiger charge is -2.13. The van der Waals surface area contributed by atoms with Gasteiger partial charge >= 0.3 is 0 Å². The molecule has 0 aliphatic heterocycles. The van der Waals surface area contributed by atoms with Crippen molar-refractivity contribution in [1.82, 2.24) is 0 Å². The molecule has 0 aromatic heterocycles. The molecule has 0 bridgehead atoms. The molecule has 0 radical (unpaired) electrons. The molecule has 2 N–H and O–H groups in total. The third-order valence-corrected chi connectivity index (χ3v) is 6.86. The van der Waals surface area contributed by atoms with E-state index in [1.165, 1.54) is 12.1 Å². The number of rotatable bonds is 11. The Morgan fingerprint density at radius 2 is 1.41 bits per heavy atom. The molecule has 0 heterocycles. The Labute approximate surface area is 217 Å². The van der Waals surface area contributed by atoms with Crippen LogP contribution in [0.3, 0.4) is 0 Å². The van der Waals surface area contributed by atoms with Gasteiger partial charge < -0.3 is 14.8 Å². The molecule has 0 saturated heterocycles. The minimum atomic E-state index is -3.80. The SMILES string of the molecule is CCOc1ccc(NS(=O)(=O)c2ccc(NC(=O)c3ccccc3OCCc3ccccc3)cc2)cc1. The Morgan fingerprint density at radius 1 is 0.757 bits per heavy atom.